The highest BCUT2D eigenvalue weighted by molar-refractivity contribution is 5.79. The number of nitrogens with one attached hydrogen (secondary N) is 1. The molecule has 0 radical (unpaired) electrons. The van der Waals surface area contributed by atoms with Gasteiger partial charge in [-0.1, -0.05) is 12.1 Å². The number of alkyl halides is 3. The summed E-state index contributed by atoms with van der Waals surface area (Å²) in [4.78, 5) is 32.5. The van der Waals surface area contributed by atoms with Gasteiger partial charge in [0.1, 0.15) is 17.9 Å². The molecule has 0 unspecified atom stereocenters. The molecule has 11 heteroatoms. The number of halogens is 3. The van der Waals surface area contributed by atoms with Crippen LogP contribution in [0.25, 0.3) is 0 Å². The minimum atomic E-state index is -5.08. The maximum absolute atomic E-state index is 12.8. The number of ether oxygens (including phenoxy) is 1. The number of carbonyl (C=O) groups is 2. The number of methoxy groups -OCH3 is 1. The fourth-order valence-electron chi connectivity index (χ4n) is 3.39. The molecule has 1 aliphatic heterocycles. The molecule has 1 aromatic carbocycles. The normalized spacial score (nSPS) is 15.5. The van der Waals surface area contributed by atoms with Crippen molar-refractivity contribution in [3.63, 3.8) is 0 Å². The molecule has 1 fully saturated rings. The number of fused-ring (bicyclic) bond motifs is 1. The predicted octanol–water partition coefficient (Wildman–Crippen LogP) is 2.86. The zero-order valence-corrected chi connectivity index (χ0v) is 18.1. The fourth-order valence-corrected chi connectivity index (χ4v) is 3.39. The lowest BCUT2D eigenvalue weighted by Crippen LogP contribution is -2.34. The largest absolute Gasteiger partial charge is 0.497 e. The minimum Gasteiger partial charge on any atom is -0.497 e. The van der Waals surface area contributed by atoms with Crippen LogP contribution in [0.1, 0.15) is 29.7 Å². The van der Waals surface area contributed by atoms with Gasteiger partial charge in [-0.15, -0.1) is 0 Å². The Morgan fingerprint density at radius 3 is 2.55 bits per heavy atom. The van der Waals surface area contributed by atoms with Crippen molar-refractivity contribution < 1.29 is 32.6 Å². The Hall–Kier alpha value is -3.37. The van der Waals surface area contributed by atoms with E-state index >= 15 is 0 Å². The van der Waals surface area contributed by atoms with Crippen LogP contribution in [0.15, 0.2) is 30.6 Å². The number of carboxylic acid groups (broad SMARTS) is 1. The van der Waals surface area contributed by atoms with Crippen LogP contribution in [-0.4, -0.2) is 64.3 Å². The second-order valence-electron chi connectivity index (χ2n) is 7.78. The second-order valence-corrected chi connectivity index (χ2v) is 7.78. The van der Waals surface area contributed by atoms with Crippen molar-refractivity contribution in [2.45, 2.75) is 44.3 Å². The first-order chi connectivity index (χ1) is 15.7. The quantitative estimate of drug-likeness (QED) is 0.698. The number of hydrogen-bond donors (Lipinski definition) is 2. The number of anilines is 1. The average Bonchev–Trinajstić information content (AvgIpc) is 3.60. The van der Waals surface area contributed by atoms with Gasteiger partial charge in [0, 0.05) is 31.1 Å². The van der Waals surface area contributed by atoms with Gasteiger partial charge in [0.05, 0.1) is 19.2 Å². The highest BCUT2D eigenvalue weighted by Gasteiger charge is 2.38. The van der Waals surface area contributed by atoms with Gasteiger partial charge in [-0.25, -0.2) is 14.8 Å². The summed E-state index contributed by atoms with van der Waals surface area (Å²) in [5.41, 5.74) is 3.22. The van der Waals surface area contributed by atoms with Gasteiger partial charge in [-0.3, -0.25) is 4.79 Å². The zero-order valence-electron chi connectivity index (χ0n) is 18.1. The van der Waals surface area contributed by atoms with Crippen molar-refractivity contribution in [3.05, 3.63) is 47.4 Å². The molecule has 1 saturated carbocycles. The minimum absolute atomic E-state index is 0.149. The topological polar surface area (TPSA) is 105 Å². The number of carboxylic acids is 1. The Kier molecular flexibility index (Phi) is 7.72. The van der Waals surface area contributed by atoms with E-state index in [0.29, 0.717) is 25.6 Å². The summed E-state index contributed by atoms with van der Waals surface area (Å²) in [6.45, 7) is 1.41. The second kappa shape index (κ2) is 10.5. The SMILES string of the molecule is COc1cccc(CC(=O)N2CCc3ncnc(NC4CC4)c3CC2)c1.O=C(O)C(F)(F)F. The lowest BCUT2D eigenvalue weighted by molar-refractivity contribution is -0.192. The number of amides is 1. The lowest BCUT2D eigenvalue weighted by atomic mass is 10.1. The molecule has 2 heterocycles. The van der Waals surface area contributed by atoms with E-state index < -0.39 is 12.1 Å². The molecule has 2 N–H and O–H groups in total. The van der Waals surface area contributed by atoms with Crippen LogP contribution in [0.5, 0.6) is 5.75 Å². The van der Waals surface area contributed by atoms with Gasteiger partial charge in [-0.05, 0) is 37.0 Å². The molecule has 2 aliphatic rings. The third kappa shape index (κ3) is 7.06. The van der Waals surface area contributed by atoms with Gasteiger partial charge in [-0.2, -0.15) is 13.2 Å². The molecule has 1 amide bonds. The van der Waals surface area contributed by atoms with Crippen molar-refractivity contribution in [1.29, 1.82) is 0 Å². The molecule has 2 aromatic rings. The number of rotatable bonds is 5. The molecule has 178 valence electrons. The number of benzene rings is 1. The molecule has 1 aliphatic carbocycles. The van der Waals surface area contributed by atoms with Gasteiger partial charge < -0.3 is 20.1 Å². The highest BCUT2D eigenvalue weighted by Crippen LogP contribution is 2.28. The Morgan fingerprint density at radius 2 is 1.91 bits per heavy atom. The first kappa shape index (κ1) is 24.3. The average molecular weight is 466 g/mol. The maximum atomic E-state index is 12.8. The highest BCUT2D eigenvalue weighted by atomic mass is 19.4. The fraction of sp³-hybridized carbons (Fsp3) is 0.455. The van der Waals surface area contributed by atoms with Gasteiger partial charge in [0.2, 0.25) is 5.91 Å². The Morgan fingerprint density at radius 1 is 1.21 bits per heavy atom. The first-order valence-corrected chi connectivity index (χ1v) is 10.5. The lowest BCUT2D eigenvalue weighted by Gasteiger charge is -2.20. The molecule has 4 rings (SSSR count). The van der Waals surface area contributed by atoms with E-state index in [9.17, 15) is 18.0 Å². The molecule has 0 bridgehead atoms. The van der Waals surface area contributed by atoms with E-state index in [1.54, 1.807) is 13.4 Å². The summed E-state index contributed by atoms with van der Waals surface area (Å²) in [5.74, 6) is -0.868. The van der Waals surface area contributed by atoms with Crippen molar-refractivity contribution in [1.82, 2.24) is 14.9 Å². The van der Waals surface area contributed by atoms with Crippen LogP contribution in [0, 0.1) is 0 Å². The van der Waals surface area contributed by atoms with Crippen LogP contribution < -0.4 is 10.1 Å². The standard InChI is InChI=1S/C20H24N4O2.C2HF3O2/c1-26-16-4-2-3-14(11-16)12-19(25)24-9-7-17-18(8-10-24)21-13-22-20(17)23-15-5-6-15;3-2(4,5)1(6)7/h2-4,11,13,15H,5-10,12H2,1H3,(H,21,22,23);(H,6,7). The summed E-state index contributed by atoms with van der Waals surface area (Å²) in [7, 11) is 1.64. The number of carbonyl (C=O) groups excluding carboxylic acids is 1. The zero-order chi connectivity index (χ0) is 24.0. The van der Waals surface area contributed by atoms with Crippen LogP contribution in [-0.2, 0) is 28.9 Å². The molecule has 8 nitrogen and oxygen atoms in total. The van der Waals surface area contributed by atoms with E-state index in [2.05, 4.69) is 15.3 Å². The van der Waals surface area contributed by atoms with E-state index in [1.807, 2.05) is 29.2 Å². The smallest absolute Gasteiger partial charge is 0.490 e. The molecule has 0 atom stereocenters. The van der Waals surface area contributed by atoms with Gasteiger partial charge in [0.15, 0.2) is 0 Å². The van der Waals surface area contributed by atoms with E-state index in [1.165, 1.54) is 18.4 Å². The van der Waals surface area contributed by atoms with Crippen LogP contribution >= 0.6 is 0 Å². The Labute approximate surface area is 188 Å². The predicted molar refractivity (Wildman–Crippen MR) is 113 cm³/mol. The molecular formula is C22H25F3N4O4. The molecule has 1 aromatic heterocycles. The Bertz CT molecular complexity index is 996. The van der Waals surface area contributed by atoms with E-state index in [0.717, 1.165) is 35.7 Å². The van der Waals surface area contributed by atoms with Crippen molar-refractivity contribution >= 4 is 17.7 Å². The number of nitrogens with zero attached hydrogens (tertiary/aromatic N) is 3. The molecule has 33 heavy (non-hydrogen) atoms. The van der Waals surface area contributed by atoms with Crippen LogP contribution in [0.2, 0.25) is 0 Å². The molecule has 0 saturated heterocycles. The number of aromatic nitrogens is 2. The number of aliphatic carboxylic acids is 1. The Balaban J connectivity index is 0.000000383. The maximum Gasteiger partial charge on any atom is 0.490 e. The van der Waals surface area contributed by atoms with Gasteiger partial charge >= 0.3 is 12.1 Å². The van der Waals surface area contributed by atoms with Crippen LogP contribution in [0.4, 0.5) is 19.0 Å². The van der Waals surface area contributed by atoms with Crippen molar-refractivity contribution in [2.24, 2.45) is 0 Å². The van der Waals surface area contributed by atoms with Crippen LogP contribution in [0.3, 0.4) is 0 Å². The molecular weight excluding hydrogens is 441 g/mol. The van der Waals surface area contributed by atoms with Crippen molar-refractivity contribution in [3.8, 4) is 5.75 Å². The summed E-state index contributed by atoms with van der Waals surface area (Å²) in [6, 6.07) is 8.27. The molecule has 0 spiro atoms. The number of hydrogen-bond acceptors (Lipinski definition) is 6. The third-order valence-electron chi connectivity index (χ3n) is 5.29. The summed E-state index contributed by atoms with van der Waals surface area (Å²) < 4.78 is 37.0. The summed E-state index contributed by atoms with van der Waals surface area (Å²) in [5, 5.41) is 10.6. The van der Waals surface area contributed by atoms with Crippen molar-refractivity contribution in [2.75, 3.05) is 25.5 Å². The van der Waals surface area contributed by atoms with E-state index in [4.69, 9.17) is 14.6 Å². The first-order valence-electron chi connectivity index (χ1n) is 10.5. The summed E-state index contributed by atoms with van der Waals surface area (Å²) in [6.07, 6.45) is 0.952. The van der Waals surface area contributed by atoms with E-state index in [-0.39, 0.29) is 5.91 Å². The monoisotopic (exact) mass is 466 g/mol. The summed E-state index contributed by atoms with van der Waals surface area (Å²) >= 11 is 0. The van der Waals surface area contributed by atoms with Gasteiger partial charge in [0.25, 0.3) is 0 Å². The third-order valence-corrected chi connectivity index (χ3v) is 5.29.